The van der Waals surface area contributed by atoms with E-state index in [-0.39, 0.29) is 0 Å². The molecule has 0 saturated carbocycles. The van der Waals surface area contributed by atoms with Crippen LogP contribution in [0.5, 0.6) is 0 Å². The fraction of sp³-hybridized carbons (Fsp3) is 0.417. The second kappa shape index (κ2) is 4.94. The zero-order chi connectivity index (χ0) is 10.5. The van der Waals surface area contributed by atoms with Crippen LogP contribution in [0.25, 0.3) is 0 Å². The van der Waals surface area contributed by atoms with Crippen LogP contribution in [-0.2, 0) is 0 Å². The van der Waals surface area contributed by atoms with Crippen molar-refractivity contribution in [3.8, 4) is 0 Å². The SMILES string of the molecule is ON=C(c1ccccc1)C1CCNCC1. The van der Waals surface area contributed by atoms with Crippen molar-refractivity contribution in [1.82, 2.24) is 5.32 Å². The third-order valence-corrected chi connectivity index (χ3v) is 2.90. The Morgan fingerprint density at radius 3 is 2.47 bits per heavy atom. The minimum atomic E-state index is 0.388. The topological polar surface area (TPSA) is 44.6 Å². The van der Waals surface area contributed by atoms with Gasteiger partial charge < -0.3 is 10.5 Å². The van der Waals surface area contributed by atoms with Crippen LogP contribution >= 0.6 is 0 Å². The maximum Gasteiger partial charge on any atom is 0.0899 e. The fourth-order valence-corrected chi connectivity index (χ4v) is 2.08. The van der Waals surface area contributed by atoms with E-state index in [1.54, 1.807) is 0 Å². The van der Waals surface area contributed by atoms with Gasteiger partial charge in [0.1, 0.15) is 0 Å². The number of nitrogens with zero attached hydrogens (tertiary/aromatic N) is 1. The highest BCUT2D eigenvalue weighted by molar-refractivity contribution is 6.01. The van der Waals surface area contributed by atoms with Crippen molar-refractivity contribution in [2.24, 2.45) is 11.1 Å². The van der Waals surface area contributed by atoms with Gasteiger partial charge in [0.2, 0.25) is 0 Å². The molecule has 3 heteroatoms. The molecule has 0 spiro atoms. The summed E-state index contributed by atoms with van der Waals surface area (Å²) in [6, 6.07) is 9.91. The monoisotopic (exact) mass is 204 g/mol. The van der Waals surface area contributed by atoms with Gasteiger partial charge in [0, 0.05) is 5.92 Å². The molecule has 1 aliphatic heterocycles. The van der Waals surface area contributed by atoms with Crippen molar-refractivity contribution in [3.05, 3.63) is 35.9 Å². The number of nitrogens with one attached hydrogen (secondary N) is 1. The maximum absolute atomic E-state index is 9.10. The highest BCUT2D eigenvalue weighted by Gasteiger charge is 2.20. The molecule has 1 fully saturated rings. The number of hydrogen-bond donors (Lipinski definition) is 2. The highest BCUT2D eigenvalue weighted by Crippen LogP contribution is 2.18. The molecule has 1 aromatic carbocycles. The van der Waals surface area contributed by atoms with Crippen molar-refractivity contribution in [2.75, 3.05) is 13.1 Å². The zero-order valence-corrected chi connectivity index (χ0v) is 8.69. The Hall–Kier alpha value is -1.35. The van der Waals surface area contributed by atoms with Crippen LogP contribution < -0.4 is 5.32 Å². The molecule has 2 rings (SSSR count). The first kappa shape index (κ1) is 10.2. The summed E-state index contributed by atoms with van der Waals surface area (Å²) >= 11 is 0. The summed E-state index contributed by atoms with van der Waals surface area (Å²) in [6.07, 6.45) is 2.10. The summed E-state index contributed by atoms with van der Waals surface area (Å²) in [4.78, 5) is 0. The fourth-order valence-electron chi connectivity index (χ4n) is 2.08. The maximum atomic E-state index is 9.10. The minimum Gasteiger partial charge on any atom is -0.411 e. The standard InChI is InChI=1S/C12H16N2O/c15-14-12(10-4-2-1-3-5-10)11-6-8-13-9-7-11/h1-5,11,13,15H,6-9H2. The van der Waals surface area contributed by atoms with E-state index < -0.39 is 0 Å². The van der Waals surface area contributed by atoms with Crippen LogP contribution in [0.4, 0.5) is 0 Å². The van der Waals surface area contributed by atoms with Crippen LogP contribution in [0.1, 0.15) is 18.4 Å². The first-order chi connectivity index (χ1) is 7.42. The summed E-state index contributed by atoms with van der Waals surface area (Å²) in [5.41, 5.74) is 1.86. The van der Waals surface area contributed by atoms with Gasteiger partial charge in [-0.05, 0) is 31.5 Å². The Kier molecular flexibility index (Phi) is 3.35. The Bertz CT molecular complexity index is 329. The van der Waals surface area contributed by atoms with Gasteiger partial charge in [-0.3, -0.25) is 0 Å². The van der Waals surface area contributed by atoms with Crippen molar-refractivity contribution in [1.29, 1.82) is 0 Å². The molecule has 0 unspecified atom stereocenters. The molecule has 1 heterocycles. The number of piperidine rings is 1. The van der Waals surface area contributed by atoms with Crippen LogP contribution in [0, 0.1) is 5.92 Å². The Labute approximate surface area is 89.8 Å². The van der Waals surface area contributed by atoms with Gasteiger partial charge in [-0.1, -0.05) is 35.5 Å². The van der Waals surface area contributed by atoms with E-state index in [2.05, 4.69) is 10.5 Å². The van der Waals surface area contributed by atoms with Gasteiger partial charge >= 0.3 is 0 Å². The number of benzene rings is 1. The first-order valence-electron chi connectivity index (χ1n) is 5.40. The van der Waals surface area contributed by atoms with Crippen molar-refractivity contribution >= 4 is 5.71 Å². The molecule has 3 nitrogen and oxygen atoms in total. The predicted octanol–water partition coefficient (Wildman–Crippen LogP) is 1.86. The third-order valence-electron chi connectivity index (χ3n) is 2.90. The molecule has 0 radical (unpaired) electrons. The second-order valence-corrected chi connectivity index (χ2v) is 3.88. The summed E-state index contributed by atoms with van der Waals surface area (Å²) < 4.78 is 0. The average Bonchev–Trinajstić information content (AvgIpc) is 2.33. The Balaban J connectivity index is 2.17. The first-order valence-corrected chi connectivity index (χ1v) is 5.40. The summed E-state index contributed by atoms with van der Waals surface area (Å²) in [5, 5.41) is 15.9. The van der Waals surface area contributed by atoms with Crippen molar-refractivity contribution < 1.29 is 5.21 Å². The quantitative estimate of drug-likeness (QED) is 0.439. The molecule has 0 aromatic heterocycles. The Morgan fingerprint density at radius 1 is 1.20 bits per heavy atom. The van der Waals surface area contributed by atoms with Gasteiger partial charge in [0.05, 0.1) is 5.71 Å². The average molecular weight is 204 g/mol. The van der Waals surface area contributed by atoms with E-state index in [9.17, 15) is 0 Å². The minimum absolute atomic E-state index is 0.388. The van der Waals surface area contributed by atoms with Gasteiger partial charge in [-0.25, -0.2) is 0 Å². The summed E-state index contributed by atoms with van der Waals surface area (Å²) in [7, 11) is 0. The molecule has 0 aliphatic carbocycles. The lowest BCUT2D eigenvalue weighted by atomic mass is 9.89. The summed E-state index contributed by atoms with van der Waals surface area (Å²) in [5.74, 6) is 0.388. The molecular formula is C12H16N2O. The zero-order valence-electron chi connectivity index (χ0n) is 8.69. The van der Waals surface area contributed by atoms with Gasteiger partial charge in [-0.15, -0.1) is 0 Å². The molecule has 2 N–H and O–H groups in total. The van der Waals surface area contributed by atoms with E-state index in [1.807, 2.05) is 30.3 Å². The number of oxime groups is 1. The smallest absolute Gasteiger partial charge is 0.0899 e. The molecular weight excluding hydrogens is 188 g/mol. The lowest BCUT2D eigenvalue weighted by Gasteiger charge is -2.23. The molecule has 1 aromatic rings. The van der Waals surface area contributed by atoms with Crippen LogP contribution in [-0.4, -0.2) is 24.0 Å². The summed E-state index contributed by atoms with van der Waals surface area (Å²) in [6.45, 7) is 2.02. The van der Waals surface area contributed by atoms with Crippen LogP contribution in [0.2, 0.25) is 0 Å². The van der Waals surface area contributed by atoms with Gasteiger partial charge in [0.15, 0.2) is 0 Å². The van der Waals surface area contributed by atoms with Gasteiger partial charge in [-0.2, -0.15) is 0 Å². The molecule has 15 heavy (non-hydrogen) atoms. The molecule has 1 saturated heterocycles. The van der Waals surface area contributed by atoms with E-state index in [0.29, 0.717) is 5.92 Å². The molecule has 1 aliphatic rings. The number of hydrogen-bond acceptors (Lipinski definition) is 3. The Morgan fingerprint density at radius 2 is 1.87 bits per heavy atom. The normalized spacial score (nSPS) is 19.1. The van der Waals surface area contributed by atoms with Crippen LogP contribution in [0.3, 0.4) is 0 Å². The molecule has 0 bridgehead atoms. The predicted molar refractivity (Wildman–Crippen MR) is 60.4 cm³/mol. The number of rotatable bonds is 2. The molecule has 80 valence electrons. The second-order valence-electron chi connectivity index (χ2n) is 3.88. The van der Waals surface area contributed by atoms with E-state index in [4.69, 9.17) is 5.21 Å². The van der Waals surface area contributed by atoms with E-state index >= 15 is 0 Å². The van der Waals surface area contributed by atoms with E-state index in [1.165, 1.54) is 0 Å². The van der Waals surface area contributed by atoms with Gasteiger partial charge in [0.25, 0.3) is 0 Å². The van der Waals surface area contributed by atoms with Crippen molar-refractivity contribution in [3.63, 3.8) is 0 Å². The lowest BCUT2D eigenvalue weighted by Crippen LogP contribution is -2.32. The highest BCUT2D eigenvalue weighted by atomic mass is 16.4. The lowest BCUT2D eigenvalue weighted by molar-refractivity contribution is 0.311. The van der Waals surface area contributed by atoms with E-state index in [0.717, 1.165) is 37.2 Å². The van der Waals surface area contributed by atoms with Crippen molar-refractivity contribution in [2.45, 2.75) is 12.8 Å². The third kappa shape index (κ3) is 2.36. The van der Waals surface area contributed by atoms with Crippen LogP contribution in [0.15, 0.2) is 35.5 Å². The molecule has 0 amide bonds. The largest absolute Gasteiger partial charge is 0.411 e. The molecule has 0 atom stereocenters.